The number of nitrogens with two attached hydrogens (primary N) is 1. The zero-order valence-electron chi connectivity index (χ0n) is 10.0. The van der Waals surface area contributed by atoms with Crippen LogP contribution in [0.5, 0.6) is 0 Å². The maximum atomic E-state index is 5.57. The molecule has 2 heteroatoms. The Labute approximate surface area is 107 Å². The molecular formula is C15H17NS. The summed E-state index contributed by atoms with van der Waals surface area (Å²) in [5.74, 6) is 1.02. The fraction of sp³-hybridized carbons (Fsp3) is 0.200. The summed E-state index contributed by atoms with van der Waals surface area (Å²) in [7, 11) is 0. The van der Waals surface area contributed by atoms with Crippen LogP contribution < -0.4 is 5.73 Å². The smallest absolute Gasteiger partial charge is 0.0232 e. The summed E-state index contributed by atoms with van der Waals surface area (Å²) >= 11 is 1.86. The van der Waals surface area contributed by atoms with Crippen LogP contribution in [0.3, 0.4) is 0 Å². The molecule has 0 saturated carbocycles. The predicted octanol–water partition coefficient (Wildman–Crippen LogP) is 3.75. The molecule has 0 aliphatic carbocycles. The first-order valence-corrected chi connectivity index (χ1v) is 6.74. The highest BCUT2D eigenvalue weighted by molar-refractivity contribution is 7.98. The van der Waals surface area contributed by atoms with E-state index in [0.717, 1.165) is 5.75 Å². The molecule has 88 valence electrons. The molecule has 0 heterocycles. The van der Waals surface area contributed by atoms with Gasteiger partial charge in [0, 0.05) is 17.2 Å². The van der Waals surface area contributed by atoms with Crippen molar-refractivity contribution in [2.45, 2.75) is 24.1 Å². The van der Waals surface area contributed by atoms with Crippen LogP contribution in [0.1, 0.15) is 16.7 Å². The summed E-state index contributed by atoms with van der Waals surface area (Å²) < 4.78 is 0. The Balaban J connectivity index is 1.97. The van der Waals surface area contributed by atoms with Gasteiger partial charge in [0.15, 0.2) is 0 Å². The molecule has 0 fully saturated rings. The van der Waals surface area contributed by atoms with E-state index in [2.05, 4.69) is 55.5 Å². The Morgan fingerprint density at radius 3 is 2.41 bits per heavy atom. The maximum Gasteiger partial charge on any atom is 0.0232 e. The van der Waals surface area contributed by atoms with Gasteiger partial charge in [-0.2, -0.15) is 0 Å². The van der Waals surface area contributed by atoms with E-state index in [9.17, 15) is 0 Å². The molecule has 0 spiro atoms. The molecule has 0 amide bonds. The van der Waals surface area contributed by atoms with Crippen LogP contribution in [0.15, 0.2) is 53.4 Å². The van der Waals surface area contributed by atoms with Crippen molar-refractivity contribution < 1.29 is 0 Å². The molecular weight excluding hydrogens is 226 g/mol. The van der Waals surface area contributed by atoms with Crippen LogP contribution in [0, 0.1) is 6.92 Å². The third-order valence-electron chi connectivity index (χ3n) is 2.65. The van der Waals surface area contributed by atoms with Crippen LogP contribution in [0.25, 0.3) is 0 Å². The molecule has 0 aromatic heterocycles. The topological polar surface area (TPSA) is 26.0 Å². The summed E-state index contributed by atoms with van der Waals surface area (Å²) in [6, 6.07) is 17.1. The molecule has 0 saturated heterocycles. The molecule has 0 aliphatic rings. The van der Waals surface area contributed by atoms with Gasteiger partial charge in [0.05, 0.1) is 0 Å². The average molecular weight is 243 g/mol. The minimum atomic E-state index is 0.614. The van der Waals surface area contributed by atoms with E-state index in [0.29, 0.717) is 6.54 Å². The first-order chi connectivity index (χ1) is 8.28. The SMILES string of the molecule is Cc1cccc(CSc2ccc(CN)cc2)c1. The molecule has 2 N–H and O–H groups in total. The minimum Gasteiger partial charge on any atom is -0.326 e. The first-order valence-electron chi connectivity index (χ1n) is 5.75. The van der Waals surface area contributed by atoms with Crippen LogP contribution in [0.4, 0.5) is 0 Å². The van der Waals surface area contributed by atoms with Crippen LogP contribution in [0.2, 0.25) is 0 Å². The second-order valence-corrected chi connectivity index (χ2v) is 5.17. The zero-order valence-corrected chi connectivity index (χ0v) is 10.8. The largest absolute Gasteiger partial charge is 0.326 e. The number of benzene rings is 2. The van der Waals surface area contributed by atoms with E-state index >= 15 is 0 Å². The highest BCUT2D eigenvalue weighted by atomic mass is 32.2. The molecule has 1 nitrogen and oxygen atoms in total. The van der Waals surface area contributed by atoms with Crippen molar-refractivity contribution in [2.75, 3.05) is 0 Å². The molecule has 17 heavy (non-hydrogen) atoms. The summed E-state index contributed by atoms with van der Waals surface area (Å²) in [6.07, 6.45) is 0. The third-order valence-corrected chi connectivity index (χ3v) is 3.73. The van der Waals surface area contributed by atoms with Gasteiger partial charge in [0.25, 0.3) is 0 Å². The van der Waals surface area contributed by atoms with Gasteiger partial charge in [-0.25, -0.2) is 0 Å². The van der Waals surface area contributed by atoms with E-state index in [4.69, 9.17) is 5.73 Å². The number of thioether (sulfide) groups is 1. The Morgan fingerprint density at radius 2 is 1.76 bits per heavy atom. The molecule has 0 bridgehead atoms. The van der Waals surface area contributed by atoms with Gasteiger partial charge in [0.1, 0.15) is 0 Å². The summed E-state index contributed by atoms with van der Waals surface area (Å²) in [4.78, 5) is 1.30. The third kappa shape index (κ3) is 3.62. The van der Waals surface area contributed by atoms with Crippen molar-refractivity contribution in [1.82, 2.24) is 0 Å². The molecule has 2 aromatic rings. The quantitative estimate of drug-likeness (QED) is 0.828. The maximum absolute atomic E-state index is 5.57. The Bertz CT molecular complexity index is 477. The molecule has 0 unspecified atom stereocenters. The second-order valence-electron chi connectivity index (χ2n) is 4.13. The molecule has 0 atom stereocenters. The number of hydrogen-bond donors (Lipinski definition) is 1. The molecule has 2 rings (SSSR count). The summed E-state index contributed by atoms with van der Waals surface area (Å²) in [5, 5.41) is 0. The van der Waals surface area contributed by atoms with E-state index in [-0.39, 0.29) is 0 Å². The van der Waals surface area contributed by atoms with Gasteiger partial charge in [-0.3, -0.25) is 0 Å². The van der Waals surface area contributed by atoms with Crippen molar-refractivity contribution in [3.05, 3.63) is 65.2 Å². The number of hydrogen-bond acceptors (Lipinski definition) is 2. The highest BCUT2D eigenvalue weighted by Crippen LogP contribution is 2.23. The lowest BCUT2D eigenvalue weighted by atomic mass is 10.2. The summed E-state index contributed by atoms with van der Waals surface area (Å²) in [5.41, 5.74) is 9.45. The summed E-state index contributed by atoms with van der Waals surface area (Å²) in [6.45, 7) is 2.74. The number of aryl methyl sites for hydroxylation is 1. The second kappa shape index (κ2) is 5.89. The van der Waals surface area contributed by atoms with E-state index < -0.39 is 0 Å². The van der Waals surface area contributed by atoms with Crippen molar-refractivity contribution >= 4 is 11.8 Å². The fourth-order valence-corrected chi connectivity index (χ4v) is 2.53. The lowest BCUT2D eigenvalue weighted by molar-refractivity contribution is 1.07. The minimum absolute atomic E-state index is 0.614. The monoisotopic (exact) mass is 243 g/mol. The standard InChI is InChI=1S/C15H17NS/c1-12-3-2-4-14(9-12)11-17-15-7-5-13(10-16)6-8-15/h2-9H,10-11,16H2,1H3. The van der Waals surface area contributed by atoms with Crippen LogP contribution in [-0.2, 0) is 12.3 Å². The highest BCUT2D eigenvalue weighted by Gasteiger charge is 1.97. The number of rotatable bonds is 4. The van der Waals surface area contributed by atoms with Crippen molar-refractivity contribution in [3.8, 4) is 0 Å². The van der Waals surface area contributed by atoms with Gasteiger partial charge in [-0.05, 0) is 30.2 Å². The lowest BCUT2D eigenvalue weighted by Crippen LogP contribution is -1.94. The first kappa shape index (κ1) is 12.2. The lowest BCUT2D eigenvalue weighted by Gasteiger charge is -2.04. The van der Waals surface area contributed by atoms with Gasteiger partial charge < -0.3 is 5.73 Å². The van der Waals surface area contributed by atoms with Crippen LogP contribution in [-0.4, -0.2) is 0 Å². The van der Waals surface area contributed by atoms with Gasteiger partial charge in [-0.1, -0.05) is 42.0 Å². The van der Waals surface area contributed by atoms with Gasteiger partial charge in [0.2, 0.25) is 0 Å². The van der Waals surface area contributed by atoms with E-state index in [1.807, 2.05) is 11.8 Å². The van der Waals surface area contributed by atoms with Crippen molar-refractivity contribution in [2.24, 2.45) is 5.73 Å². The molecule has 0 radical (unpaired) electrons. The normalized spacial score (nSPS) is 10.5. The molecule has 0 aliphatic heterocycles. The van der Waals surface area contributed by atoms with E-state index in [1.165, 1.54) is 21.6 Å². The molecule has 2 aromatic carbocycles. The average Bonchev–Trinajstić information content (AvgIpc) is 2.37. The van der Waals surface area contributed by atoms with Crippen molar-refractivity contribution in [1.29, 1.82) is 0 Å². The van der Waals surface area contributed by atoms with Crippen LogP contribution >= 0.6 is 11.8 Å². The zero-order chi connectivity index (χ0) is 12.1. The van der Waals surface area contributed by atoms with E-state index in [1.54, 1.807) is 0 Å². The Kier molecular flexibility index (Phi) is 4.24. The fourth-order valence-electron chi connectivity index (χ4n) is 1.69. The Hall–Kier alpha value is -1.25. The predicted molar refractivity (Wildman–Crippen MR) is 75.1 cm³/mol. The van der Waals surface area contributed by atoms with Gasteiger partial charge in [-0.15, -0.1) is 11.8 Å². The van der Waals surface area contributed by atoms with Crippen molar-refractivity contribution in [3.63, 3.8) is 0 Å². The Morgan fingerprint density at radius 1 is 1.00 bits per heavy atom. The van der Waals surface area contributed by atoms with Gasteiger partial charge >= 0.3 is 0 Å².